The van der Waals surface area contributed by atoms with Crippen molar-refractivity contribution in [2.75, 3.05) is 19.0 Å². The molecule has 0 radical (unpaired) electrons. The fraction of sp³-hybridized carbons (Fsp3) is 0.200. The van der Waals surface area contributed by atoms with E-state index in [0.717, 1.165) is 5.56 Å². The molecule has 2 aromatic rings. The lowest BCUT2D eigenvalue weighted by Gasteiger charge is -2.19. The smallest absolute Gasteiger partial charge is 0.338 e. The van der Waals surface area contributed by atoms with Gasteiger partial charge in [0.25, 0.3) is 5.91 Å². The summed E-state index contributed by atoms with van der Waals surface area (Å²) in [7, 11) is 1.52. The molecule has 0 fully saturated rings. The van der Waals surface area contributed by atoms with Gasteiger partial charge in [0.05, 0.1) is 18.4 Å². The van der Waals surface area contributed by atoms with Crippen molar-refractivity contribution >= 4 is 23.6 Å². The predicted octanol–water partition coefficient (Wildman–Crippen LogP) is 3.04. The molecule has 1 aliphatic rings. The number of rotatable bonds is 5. The van der Waals surface area contributed by atoms with Gasteiger partial charge in [0, 0.05) is 5.56 Å². The van der Waals surface area contributed by atoms with Crippen LogP contribution in [0.4, 0.5) is 5.69 Å². The van der Waals surface area contributed by atoms with Crippen LogP contribution < -0.4 is 14.8 Å². The molecule has 1 aliphatic heterocycles. The largest absolute Gasteiger partial charge is 0.495 e. The van der Waals surface area contributed by atoms with Gasteiger partial charge in [-0.25, -0.2) is 4.79 Å². The normalized spacial score (nSPS) is 13.5. The number of benzene rings is 2. The van der Waals surface area contributed by atoms with E-state index in [9.17, 15) is 9.59 Å². The van der Waals surface area contributed by atoms with Crippen LogP contribution in [-0.4, -0.2) is 31.7 Å². The zero-order chi connectivity index (χ0) is 18.5. The van der Waals surface area contributed by atoms with Crippen LogP contribution in [0.1, 0.15) is 12.5 Å². The first-order valence-corrected chi connectivity index (χ1v) is 8.15. The van der Waals surface area contributed by atoms with E-state index in [1.54, 1.807) is 30.3 Å². The molecular formula is C20H19NO5. The minimum absolute atomic E-state index is 0.108. The molecule has 0 aliphatic carbocycles. The van der Waals surface area contributed by atoms with Crippen molar-refractivity contribution in [2.45, 2.75) is 13.0 Å². The number of fused-ring (bicyclic) bond motifs is 1. The second kappa shape index (κ2) is 7.74. The van der Waals surface area contributed by atoms with Gasteiger partial charge in [0.1, 0.15) is 18.1 Å². The average Bonchev–Trinajstić information content (AvgIpc) is 2.67. The van der Waals surface area contributed by atoms with E-state index in [1.165, 1.54) is 14.0 Å². The topological polar surface area (TPSA) is 73.9 Å². The van der Waals surface area contributed by atoms with Gasteiger partial charge in [0.2, 0.25) is 0 Å². The van der Waals surface area contributed by atoms with Crippen LogP contribution in [0.15, 0.2) is 54.1 Å². The molecule has 6 nitrogen and oxygen atoms in total. The quantitative estimate of drug-likeness (QED) is 0.837. The number of esters is 1. The molecule has 1 heterocycles. The molecule has 1 N–H and O–H groups in total. The molecule has 0 aromatic heterocycles. The third-order valence-corrected chi connectivity index (χ3v) is 3.91. The molecule has 26 heavy (non-hydrogen) atoms. The predicted molar refractivity (Wildman–Crippen MR) is 97.1 cm³/mol. The molecule has 1 unspecified atom stereocenters. The first kappa shape index (κ1) is 17.5. The first-order chi connectivity index (χ1) is 12.6. The second-order valence-corrected chi connectivity index (χ2v) is 5.73. The highest BCUT2D eigenvalue weighted by Crippen LogP contribution is 2.26. The molecule has 0 saturated carbocycles. The van der Waals surface area contributed by atoms with Crippen LogP contribution in [0.2, 0.25) is 0 Å². The van der Waals surface area contributed by atoms with E-state index >= 15 is 0 Å². The van der Waals surface area contributed by atoms with Crippen LogP contribution in [-0.2, 0) is 14.3 Å². The number of ether oxygens (including phenoxy) is 3. The molecule has 3 rings (SSSR count). The van der Waals surface area contributed by atoms with E-state index in [2.05, 4.69) is 5.32 Å². The molecule has 0 bridgehead atoms. The Balaban J connectivity index is 1.64. The van der Waals surface area contributed by atoms with Crippen molar-refractivity contribution in [1.29, 1.82) is 0 Å². The van der Waals surface area contributed by atoms with Crippen molar-refractivity contribution in [2.24, 2.45) is 0 Å². The maximum absolute atomic E-state index is 12.3. The van der Waals surface area contributed by atoms with Crippen LogP contribution in [0.3, 0.4) is 0 Å². The van der Waals surface area contributed by atoms with Gasteiger partial charge in [0.15, 0.2) is 6.10 Å². The lowest BCUT2D eigenvalue weighted by Crippen LogP contribution is -2.31. The number of carbonyl (C=O) groups is 2. The highest BCUT2D eigenvalue weighted by Gasteiger charge is 2.23. The van der Waals surface area contributed by atoms with Crippen LogP contribution in [0.5, 0.6) is 11.5 Å². The lowest BCUT2D eigenvalue weighted by atomic mass is 10.1. The third kappa shape index (κ3) is 3.85. The standard InChI is InChI=1S/C20H19NO5/c1-13(19(22)21-16-8-4-6-10-18(16)24-2)26-20(23)15-11-14-7-3-5-9-17(14)25-12-15/h3-11,13H,12H2,1-2H3,(H,21,22). The zero-order valence-corrected chi connectivity index (χ0v) is 14.5. The third-order valence-electron chi connectivity index (χ3n) is 3.91. The Morgan fingerprint density at radius 1 is 1.12 bits per heavy atom. The maximum Gasteiger partial charge on any atom is 0.338 e. The van der Waals surface area contributed by atoms with E-state index < -0.39 is 18.0 Å². The summed E-state index contributed by atoms with van der Waals surface area (Å²) in [4.78, 5) is 24.6. The number of nitrogens with one attached hydrogen (secondary N) is 1. The van der Waals surface area contributed by atoms with E-state index in [4.69, 9.17) is 14.2 Å². The Morgan fingerprint density at radius 2 is 1.85 bits per heavy atom. The van der Waals surface area contributed by atoms with Gasteiger partial charge in [-0.2, -0.15) is 0 Å². The molecule has 0 spiro atoms. The van der Waals surface area contributed by atoms with Crippen molar-refractivity contribution in [3.05, 3.63) is 59.7 Å². The minimum Gasteiger partial charge on any atom is -0.495 e. The highest BCUT2D eigenvalue weighted by atomic mass is 16.6. The fourth-order valence-corrected chi connectivity index (χ4v) is 2.51. The number of carbonyl (C=O) groups excluding carboxylic acids is 2. The van der Waals surface area contributed by atoms with Crippen molar-refractivity contribution in [1.82, 2.24) is 0 Å². The van der Waals surface area contributed by atoms with Crippen LogP contribution >= 0.6 is 0 Å². The van der Waals surface area contributed by atoms with Crippen molar-refractivity contribution in [3.63, 3.8) is 0 Å². The summed E-state index contributed by atoms with van der Waals surface area (Å²) in [5.74, 6) is 0.216. The SMILES string of the molecule is COc1ccccc1NC(=O)C(C)OC(=O)C1=Cc2ccccc2OC1. The van der Waals surface area contributed by atoms with Gasteiger partial charge in [-0.15, -0.1) is 0 Å². The second-order valence-electron chi connectivity index (χ2n) is 5.73. The Morgan fingerprint density at radius 3 is 2.65 bits per heavy atom. The van der Waals surface area contributed by atoms with E-state index in [-0.39, 0.29) is 6.61 Å². The zero-order valence-electron chi connectivity index (χ0n) is 14.5. The monoisotopic (exact) mass is 353 g/mol. The number of hydrogen-bond donors (Lipinski definition) is 1. The molecule has 134 valence electrons. The first-order valence-electron chi connectivity index (χ1n) is 8.15. The number of amides is 1. The van der Waals surface area contributed by atoms with E-state index in [0.29, 0.717) is 22.8 Å². The Hall–Kier alpha value is -3.28. The molecular weight excluding hydrogens is 334 g/mol. The van der Waals surface area contributed by atoms with Gasteiger partial charge in [-0.1, -0.05) is 30.3 Å². The van der Waals surface area contributed by atoms with Crippen LogP contribution in [0, 0.1) is 0 Å². The Bertz CT molecular complexity index is 859. The number of hydrogen-bond acceptors (Lipinski definition) is 5. The lowest BCUT2D eigenvalue weighted by molar-refractivity contribution is -0.149. The molecule has 1 amide bonds. The summed E-state index contributed by atoms with van der Waals surface area (Å²) in [5.41, 5.74) is 1.68. The average molecular weight is 353 g/mol. The molecule has 1 atom stereocenters. The summed E-state index contributed by atoms with van der Waals surface area (Å²) in [6, 6.07) is 14.4. The van der Waals surface area contributed by atoms with Crippen LogP contribution in [0.25, 0.3) is 6.08 Å². The summed E-state index contributed by atoms with van der Waals surface area (Å²) in [6.07, 6.45) is 0.747. The van der Waals surface area contributed by atoms with E-state index in [1.807, 2.05) is 24.3 Å². The molecule has 2 aromatic carbocycles. The minimum atomic E-state index is -0.967. The molecule has 0 saturated heterocycles. The van der Waals surface area contributed by atoms with Gasteiger partial charge in [-0.3, -0.25) is 4.79 Å². The summed E-state index contributed by atoms with van der Waals surface area (Å²) in [6.45, 7) is 1.62. The van der Waals surface area contributed by atoms with Gasteiger partial charge >= 0.3 is 5.97 Å². The Kier molecular flexibility index (Phi) is 5.22. The van der Waals surface area contributed by atoms with Gasteiger partial charge < -0.3 is 19.5 Å². The van der Waals surface area contributed by atoms with Crippen molar-refractivity contribution < 1.29 is 23.8 Å². The number of anilines is 1. The summed E-state index contributed by atoms with van der Waals surface area (Å²) < 4.78 is 16.0. The fourth-order valence-electron chi connectivity index (χ4n) is 2.51. The highest BCUT2D eigenvalue weighted by molar-refractivity contribution is 6.00. The van der Waals surface area contributed by atoms with Crippen molar-refractivity contribution in [3.8, 4) is 11.5 Å². The maximum atomic E-state index is 12.3. The summed E-state index contributed by atoms with van der Waals surface area (Å²) >= 11 is 0. The Labute approximate surface area is 151 Å². The van der Waals surface area contributed by atoms with Gasteiger partial charge in [-0.05, 0) is 31.2 Å². The summed E-state index contributed by atoms with van der Waals surface area (Å²) in [5, 5.41) is 2.69. The number of para-hydroxylation sites is 3. The molecule has 6 heteroatoms. The number of methoxy groups -OCH3 is 1.